The van der Waals surface area contributed by atoms with Crippen molar-refractivity contribution in [3.8, 4) is 66.8 Å². The van der Waals surface area contributed by atoms with Gasteiger partial charge in [-0.25, -0.2) is 0 Å². The Hall–Kier alpha value is -14.3. The van der Waals surface area contributed by atoms with Gasteiger partial charge in [-0.1, -0.05) is 285 Å². The lowest BCUT2D eigenvalue weighted by Gasteiger charge is -2.21. The van der Waals surface area contributed by atoms with E-state index in [0.29, 0.717) is 93.0 Å². The average molecular weight is 1630 g/mol. The van der Waals surface area contributed by atoms with Gasteiger partial charge in [-0.3, -0.25) is 0 Å². The van der Waals surface area contributed by atoms with E-state index >= 15 is 0 Å². The van der Waals surface area contributed by atoms with Crippen LogP contribution in [-0.2, 0) is 30.9 Å². The molecule has 0 saturated carbocycles. The predicted octanol–water partition coefficient (Wildman–Crippen LogP) is 34.0. The Morgan fingerprint density at radius 3 is 0.566 bits per heavy atom. The molecule has 0 aromatic heterocycles. The van der Waals surface area contributed by atoms with E-state index < -0.39 is 58.7 Å². The first-order chi connectivity index (χ1) is 58.7. The molecular weight excluding hydrogens is 1570 g/mol. The predicted molar refractivity (Wildman–Crippen MR) is 467 cm³/mol. The Morgan fingerprint density at radius 2 is 0.311 bits per heavy atom. The number of hydrogen-bond acceptors (Lipinski definition) is 0. The quantitative estimate of drug-likeness (QED) is 0.115. The van der Waals surface area contributed by atoms with Crippen molar-refractivity contribution in [2.45, 2.75) is 30.9 Å². The summed E-state index contributed by atoms with van der Waals surface area (Å²) in [7, 11) is 0. The maximum absolute atomic E-state index is 14.1. The number of alkyl halides is 15. The van der Waals surface area contributed by atoms with Gasteiger partial charge in [-0.15, -0.1) is 0 Å². The SMILES string of the molecule is FC(F)(F)c1ccc2c(-c3ccc4ccccc4c3)c3cc(C(F)(F)F)ccc3c(-c3ccc4ccccc4c3)c2c1.FC(F)(F)c1ccc2c(-c3ccc4ccccc4c3)c3ccccc3c(-c3ccc4ccccc4c3)c2c1.FC(F)(F)c1ccc2c(-c3cccc4ccccc34)c3cc(C(F)(F)F)ccc3c(-c3cccc4ccccc34)c2c1. The molecule has 594 valence electrons. The third kappa shape index (κ3) is 14.2. The monoisotopic (exact) mass is 1630 g/mol. The van der Waals surface area contributed by atoms with E-state index in [1.165, 1.54) is 36.4 Å². The lowest BCUT2D eigenvalue weighted by Crippen LogP contribution is -2.06. The van der Waals surface area contributed by atoms with Crippen molar-refractivity contribution in [1.82, 2.24) is 0 Å². The molecule has 21 aromatic carbocycles. The second kappa shape index (κ2) is 29.9. The van der Waals surface area contributed by atoms with E-state index in [9.17, 15) is 65.9 Å². The summed E-state index contributed by atoms with van der Waals surface area (Å²) in [6.45, 7) is 0. The molecule has 122 heavy (non-hydrogen) atoms. The maximum Gasteiger partial charge on any atom is 0.416 e. The van der Waals surface area contributed by atoms with E-state index in [-0.39, 0.29) is 0 Å². The van der Waals surface area contributed by atoms with Crippen molar-refractivity contribution in [3.63, 3.8) is 0 Å². The van der Waals surface area contributed by atoms with Crippen LogP contribution in [0, 0.1) is 0 Å². The van der Waals surface area contributed by atoms with Crippen LogP contribution in [0.25, 0.3) is 196 Å². The van der Waals surface area contributed by atoms with Gasteiger partial charge < -0.3 is 0 Å². The molecule has 0 N–H and O–H groups in total. The third-order valence-corrected chi connectivity index (χ3v) is 23.2. The van der Waals surface area contributed by atoms with Crippen LogP contribution in [0.3, 0.4) is 0 Å². The van der Waals surface area contributed by atoms with E-state index in [0.717, 1.165) is 152 Å². The summed E-state index contributed by atoms with van der Waals surface area (Å²) < 4.78 is 211. The molecule has 0 aliphatic carbocycles. The van der Waals surface area contributed by atoms with Crippen molar-refractivity contribution < 1.29 is 65.9 Å². The molecule has 0 bridgehead atoms. The van der Waals surface area contributed by atoms with E-state index in [1.807, 2.05) is 237 Å². The summed E-state index contributed by atoms with van der Waals surface area (Å²) in [6, 6.07) is 107. The first-order valence-electron chi connectivity index (χ1n) is 39.0. The van der Waals surface area contributed by atoms with Crippen LogP contribution >= 0.6 is 0 Å². The van der Waals surface area contributed by atoms with Gasteiger partial charge in [0.25, 0.3) is 0 Å². The van der Waals surface area contributed by atoms with Gasteiger partial charge in [0, 0.05) is 0 Å². The highest BCUT2D eigenvalue weighted by Gasteiger charge is 2.37. The summed E-state index contributed by atoms with van der Waals surface area (Å²) >= 11 is 0. The van der Waals surface area contributed by atoms with E-state index in [4.69, 9.17) is 0 Å². The van der Waals surface area contributed by atoms with E-state index in [2.05, 4.69) is 42.5 Å². The molecule has 21 aromatic rings. The van der Waals surface area contributed by atoms with Crippen LogP contribution in [-0.4, -0.2) is 0 Å². The zero-order chi connectivity index (χ0) is 84.3. The standard InChI is InChI=1S/2C36H20F6.C35H21F3/c37-35(38,39)23-16-18-30-31(19-23)33(27-13-5-9-21-7-1-3-11-25(21)27)29-17-15-24(36(40,41)42)20-32(29)34(30)28-14-6-10-22-8-2-4-12-26(22)28;37-35(38,39)27-14-16-30-31(19-27)33(25-11-9-21-5-1-3-7-23(21)17-25)29-15-13-28(36(40,41)42)20-32(29)34(30)26-12-10-22-6-2-4-8-24(22)18-26;36-35(37,38)28-17-18-31-32(21-28)34(27-16-14-23-8-2-4-10-25(23)20-27)30-12-6-5-11-29(30)33(31)26-15-13-22-7-1-3-9-24(22)19-26/h2*1-20H;1-21H. The summed E-state index contributed by atoms with van der Waals surface area (Å²) in [6.07, 6.45) is -22.9. The average Bonchev–Trinajstić information content (AvgIpc) is 0.701. The minimum Gasteiger partial charge on any atom is -0.166 e. The molecule has 0 nitrogen and oxygen atoms in total. The van der Waals surface area contributed by atoms with Crippen LogP contribution in [0.15, 0.2) is 370 Å². The van der Waals surface area contributed by atoms with Gasteiger partial charge in [0.1, 0.15) is 0 Å². The minimum absolute atomic E-state index is 0.315. The molecule has 0 heterocycles. The number of hydrogen-bond donors (Lipinski definition) is 0. The molecule has 0 aliphatic heterocycles. The zero-order valence-corrected chi connectivity index (χ0v) is 63.9. The second-order valence-corrected chi connectivity index (χ2v) is 30.4. The Labute approximate surface area is 686 Å². The highest BCUT2D eigenvalue weighted by molar-refractivity contribution is 6.27. The van der Waals surface area contributed by atoms with Gasteiger partial charge in [-0.05, 0) is 281 Å². The number of benzene rings is 21. The smallest absolute Gasteiger partial charge is 0.166 e. The Morgan fingerprint density at radius 1 is 0.123 bits per heavy atom. The van der Waals surface area contributed by atoms with Crippen molar-refractivity contribution in [3.05, 3.63) is 398 Å². The molecule has 15 heteroatoms. The van der Waals surface area contributed by atoms with Crippen molar-refractivity contribution in [2.24, 2.45) is 0 Å². The Bertz CT molecular complexity index is 7490. The highest BCUT2D eigenvalue weighted by atomic mass is 19.4. The van der Waals surface area contributed by atoms with Gasteiger partial charge >= 0.3 is 30.9 Å². The zero-order valence-electron chi connectivity index (χ0n) is 63.9. The van der Waals surface area contributed by atoms with Crippen LogP contribution in [0.1, 0.15) is 27.8 Å². The number of fused-ring (bicyclic) bond motifs is 12. The normalized spacial score (nSPS) is 12.4. The maximum atomic E-state index is 14.1. The third-order valence-electron chi connectivity index (χ3n) is 23.2. The van der Waals surface area contributed by atoms with Crippen molar-refractivity contribution >= 4 is 129 Å². The molecule has 0 atom stereocenters. The van der Waals surface area contributed by atoms with Gasteiger partial charge in [0.05, 0.1) is 27.8 Å². The Balaban J connectivity index is 0.000000121. The van der Waals surface area contributed by atoms with Crippen molar-refractivity contribution in [2.75, 3.05) is 0 Å². The largest absolute Gasteiger partial charge is 0.416 e. The van der Waals surface area contributed by atoms with Crippen molar-refractivity contribution in [1.29, 1.82) is 0 Å². The molecule has 0 saturated heterocycles. The molecule has 0 fully saturated rings. The van der Waals surface area contributed by atoms with Gasteiger partial charge in [0.15, 0.2) is 0 Å². The fraction of sp³-hybridized carbons (Fsp3) is 0.0467. The summed E-state index contributed by atoms with van der Waals surface area (Å²) in [5, 5.41) is 17.6. The number of rotatable bonds is 6. The fourth-order valence-electron chi connectivity index (χ4n) is 17.6. The summed E-state index contributed by atoms with van der Waals surface area (Å²) in [5.74, 6) is 0. The lowest BCUT2D eigenvalue weighted by molar-refractivity contribution is -0.138. The van der Waals surface area contributed by atoms with Crippen LogP contribution in [0.2, 0.25) is 0 Å². The lowest BCUT2D eigenvalue weighted by atomic mass is 9.82. The minimum atomic E-state index is -4.61. The molecule has 0 unspecified atom stereocenters. The highest BCUT2D eigenvalue weighted by Crippen LogP contribution is 2.53. The summed E-state index contributed by atoms with van der Waals surface area (Å²) in [4.78, 5) is 0. The Kier molecular flexibility index (Phi) is 19.0. The van der Waals surface area contributed by atoms with Gasteiger partial charge in [-0.2, -0.15) is 65.9 Å². The molecule has 0 aliphatic rings. The molecule has 0 amide bonds. The fourth-order valence-corrected chi connectivity index (χ4v) is 17.6. The van der Waals surface area contributed by atoms with Crippen LogP contribution in [0.4, 0.5) is 65.9 Å². The van der Waals surface area contributed by atoms with Crippen LogP contribution in [0.5, 0.6) is 0 Å². The van der Waals surface area contributed by atoms with E-state index in [1.54, 1.807) is 6.07 Å². The molecule has 0 spiro atoms. The summed E-state index contributed by atoms with van der Waals surface area (Å²) in [5.41, 5.74) is 4.04. The van der Waals surface area contributed by atoms with Gasteiger partial charge in [0.2, 0.25) is 0 Å². The first kappa shape index (κ1) is 77.6. The molecular formula is C107H61F15. The first-order valence-corrected chi connectivity index (χ1v) is 39.0. The second-order valence-electron chi connectivity index (χ2n) is 30.4. The topological polar surface area (TPSA) is 0 Å². The van der Waals surface area contributed by atoms with Crippen LogP contribution < -0.4 is 0 Å². The molecule has 0 radical (unpaired) electrons. The number of halogens is 15. The molecule has 21 rings (SSSR count).